The minimum atomic E-state index is -0.630. The zero-order chi connectivity index (χ0) is 26.6. The van der Waals surface area contributed by atoms with Gasteiger partial charge in [-0.2, -0.15) is 15.3 Å². The predicted molar refractivity (Wildman–Crippen MR) is 138 cm³/mol. The summed E-state index contributed by atoms with van der Waals surface area (Å²) < 4.78 is 20.1. The fourth-order valence-corrected chi connectivity index (χ4v) is 5.44. The summed E-state index contributed by atoms with van der Waals surface area (Å²) in [4.78, 5) is 25.2. The van der Waals surface area contributed by atoms with Crippen LogP contribution >= 0.6 is 0 Å². The number of nitriles is 1. The number of hydrogen-bond donors (Lipinski definition) is 2. The number of nitrogens with one attached hydrogen (secondary N) is 2. The number of fused-ring (bicyclic) bond motifs is 3. The third-order valence-electron chi connectivity index (χ3n) is 7.72. The van der Waals surface area contributed by atoms with E-state index in [-0.39, 0.29) is 28.6 Å². The molecule has 0 radical (unpaired) electrons. The largest absolute Gasteiger partial charge is 0.454 e. The van der Waals surface area contributed by atoms with Gasteiger partial charge in [0.2, 0.25) is 5.95 Å². The van der Waals surface area contributed by atoms with Gasteiger partial charge in [-0.15, -0.1) is 0 Å². The molecule has 198 valence electrons. The van der Waals surface area contributed by atoms with E-state index >= 15 is 0 Å². The van der Waals surface area contributed by atoms with Crippen LogP contribution in [0.2, 0.25) is 0 Å². The van der Waals surface area contributed by atoms with Crippen LogP contribution in [0.5, 0.6) is 11.5 Å². The van der Waals surface area contributed by atoms with E-state index in [0.717, 1.165) is 18.8 Å². The third kappa shape index (κ3) is 4.00. The molecule has 0 atom stereocenters. The summed E-state index contributed by atoms with van der Waals surface area (Å²) in [5.41, 5.74) is 2.79. The maximum atomic E-state index is 12.0. The number of aromatic nitrogens is 6. The van der Waals surface area contributed by atoms with Crippen molar-refractivity contribution in [1.29, 1.82) is 5.26 Å². The van der Waals surface area contributed by atoms with Gasteiger partial charge in [0.1, 0.15) is 28.7 Å². The zero-order valence-corrected chi connectivity index (χ0v) is 21.2. The lowest BCUT2D eigenvalue weighted by Gasteiger charge is -2.37. The Labute approximate surface area is 222 Å². The summed E-state index contributed by atoms with van der Waals surface area (Å²) >= 11 is 0. The fraction of sp³-hybridized carbons (Fsp3) is 0.385. The van der Waals surface area contributed by atoms with Gasteiger partial charge in [-0.05, 0) is 25.3 Å². The quantitative estimate of drug-likeness (QED) is 0.379. The van der Waals surface area contributed by atoms with Crippen LogP contribution in [-0.2, 0) is 28.5 Å². The van der Waals surface area contributed by atoms with Crippen LogP contribution in [0.4, 0.5) is 22.4 Å². The van der Waals surface area contributed by atoms with E-state index in [0.29, 0.717) is 36.1 Å². The SMILES string of the molecule is Cn1c(Nc2cc3n(n2)CCC32CCC2)nc2ncc(Oc3ccnc(NC(=O)OC4COC4)c3)c(C#N)c21. The minimum Gasteiger partial charge on any atom is -0.454 e. The van der Waals surface area contributed by atoms with Gasteiger partial charge in [0, 0.05) is 43.0 Å². The number of aryl methyl sites for hydroxylation is 2. The summed E-state index contributed by atoms with van der Waals surface area (Å²) in [6.07, 6.45) is 6.93. The van der Waals surface area contributed by atoms with Gasteiger partial charge in [0.25, 0.3) is 0 Å². The average molecular weight is 528 g/mol. The van der Waals surface area contributed by atoms with Crippen molar-refractivity contribution in [3.63, 3.8) is 0 Å². The summed E-state index contributed by atoms with van der Waals surface area (Å²) in [7, 11) is 1.81. The van der Waals surface area contributed by atoms with Crippen molar-refractivity contribution in [1.82, 2.24) is 29.3 Å². The summed E-state index contributed by atoms with van der Waals surface area (Å²) in [6, 6.07) is 7.49. The molecule has 1 spiro atoms. The normalized spacial score (nSPS) is 17.2. The third-order valence-corrected chi connectivity index (χ3v) is 7.72. The molecule has 6 heterocycles. The Hall–Kier alpha value is -4.70. The van der Waals surface area contributed by atoms with E-state index in [1.165, 1.54) is 43.4 Å². The molecular weight excluding hydrogens is 502 g/mol. The zero-order valence-electron chi connectivity index (χ0n) is 21.2. The standard InChI is InChI=1S/C26H25N9O4/c1-34-22-17(11-27)18(38-15-3-7-28-20(9-15)31-25(36)39-16-13-37-14-16)12-29-23(22)32-24(34)30-21-10-19-26(4-2-5-26)6-8-35(19)33-21/h3,7,9-10,12,16H,2,4-6,8,13-14H2,1H3,(H,28,31,36)(H,29,30,32,33). The van der Waals surface area contributed by atoms with E-state index in [4.69, 9.17) is 19.3 Å². The molecule has 4 aromatic heterocycles. The number of pyridine rings is 2. The van der Waals surface area contributed by atoms with Crippen LogP contribution in [0, 0.1) is 11.3 Å². The van der Waals surface area contributed by atoms with E-state index < -0.39 is 6.09 Å². The number of hydrogen-bond acceptors (Lipinski definition) is 10. The Bertz CT molecular complexity index is 1650. The number of nitrogens with zero attached hydrogens (tertiary/aromatic N) is 7. The number of carbonyl (C=O) groups is 1. The number of imidazole rings is 1. The molecule has 0 unspecified atom stereocenters. The Kier molecular flexibility index (Phi) is 5.38. The number of anilines is 3. The molecule has 2 fully saturated rings. The Morgan fingerprint density at radius 3 is 2.85 bits per heavy atom. The highest BCUT2D eigenvalue weighted by atomic mass is 16.6. The smallest absolute Gasteiger partial charge is 0.413 e. The molecule has 4 aromatic rings. The highest BCUT2D eigenvalue weighted by Crippen LogP contribution is 2.50. The van der Waals surface area contributed by atoms with Crippen molar-refractivity contribution in [3.05, 3.63) is 41.9 Å². The molecule has 1 saturated heterocycles. The van der Waals surface area contributed by atoms with Gasteiger partial charge < -0.3 is 24.1 Å². The van der Waals surface area contributed by atoms with Crippen molar-refractivity contribution in [2.24, 2.45) is 7.05 Å². The minimum absolute atomic E-state index is 0.243. The number of amides is 1. The van der Waals surface area contributed by atoms with Crippen molar-refractivity contribution < 1.29 is 19.0 Å². The molecule has 13 nitrogen and oxygen atoms in total. The molecule has 13 heteroatoms. The van der Waals surface area contributed by atoms with Gasteiger partial charge in [0.15, 0.2) is 23.3 Å². The van der Waals surface area contributed by atoms with Crippen molar-refractivity contribution in [3.8, 4) is 17.6 Å². The van der Waals surface area contributed by atoms with Crippen LogP contribution in [0.3, 0.4) is 0 Å². The molecular formula is C26H25N9O4. The van der Waals surface area contributed by atoms with E-state index in [9.17, 15) is 10.1 Å². The molecule has 3 aliphatic rings. The van der Waals surface area contributed by atoms with Crippen LogP contribution in [0.25, 0.3) is 11.2 Å². The molecule has 2 N–H and O–H groups in total. The second kappa shape index (κ2) is 8.95. The van der Waals surface area contributed by atoms with Gasteiger partial charge in [-0.25, -0.2) is 14.8 Å². The van der Waals surface area contributed by atoms with Crippen LogP contribution < -0.4 is 15.4 Å². The van der Waals surface area contributed by atoms with Crippen molar-refractivity contribution in [2.75, 3.05) is 23.8 Å². The molecule has 2 aliphatic heterocycles. The second-order valence-electron chi connectivity index (χ2n) is 10.1. The fourth-order valence-electron chi connectivity index (χ4n) is 5.44. The van der Waals surface area contributed by atoms with Gasteiger partial charge >= 0.3 is 6.09 Å². The van der Waals surface area contributed by atoms with Crippen molar-refractivity contribution >= 4 is 34.8 Å². The summed E-state index contributed by atoms with van der Waals surface area (Å²) in [6.45, 7) is 1.70. The van der Waals surface area contributed by atoms with E-state index in [2.05, 4.69) is 42.4 Å². The molecule has 1 aliphatic carbocycles. The van der Waals surface area contributed by atoms with E-state index in [1.807, 2.05) is 7.05 Å². The molecule has 39 heavy (non-hydrogen) atoms. The number of rotatable bonds is 6. The second-order valence-corrected chi connectivity index (χ2v) is 10.1. The highest BCUT2D eigenvalue weighted by molar-refractivity contribution is 5.85. The lowest BCUT2D eigenvalue weighted by Crippen LogP contribution is -2.39. The molecule has 0 aromatic carbocycles. The molecule has 7 rings (SSSR count). The maximum absolute atomic E-state index is 12.0. The Morgan fingerprint density at radius 2 is 2.10 bits per heavy atom. The van der Waals surface area contributed by atoms with Crippen LogP contribution in [0.15, 0.2) is 30.6 Å². The first-order valence-corrected chi connectivity index (χ1v) is 12.8. The lowest BCUT2D eigenvalue weighted by atomic mass is 9.66. The Morgan fingerprint density at radius 1 is 1.23 bits per heavy atom. The highest BCUT2D eigenvalue weighted by Gasteiger charge is 2.45. The summed E-state index contributed by atoms with van der Waals surface area (Å²) in [5.74, 6) is 2.11. The molecule has 1 amide bonds. The lowest BCUT2D eigenvalue weighted by molar-refractivity contribution is -0.0951. The van der Waals surface area contributed by atoms with Gasteiger partial charge in [-0.1, -0.05) is 6.42 Å². The van der Waals surface area contributed by atoms with Gasteiger partial charge in [0.05, 0.1) is 19.4 Å². The molecule has 1 saturated carbocycles. The van der Waals surface area contributed by atoms with Gasteiger partial charge in [-0.3, -0.25) is 10.00 Å². The monoisotopic (exact) mass is 527 g/mol. The first-order valence-electron chi connectivity index (χ1n) is 12.8. The number of carbonyl (C=O) groups excluding carboxylic acids is 1. The number of ether oxygens (including phenoxy) is 3. The van der Waals surface area contributed by atoms with E-state index in [1.54, 1.807) is 10.6 Å². The molecule has 0 bridgehead atoms. The van der Waals surface area contributed by atoms with Crippen LogP contribution in [-0.4, -0.2) is 54.7 Å². The Balaban J connectivity index is 1.12. The van der Waals surface area contributed by atoms with Crippen molar-refractivity contribution in [2.45, 2.75) is 43.7 Å². The topological polar surface area (TPSA) is 154 Å². The first-order chi connectivity index (χ1) is 19.0. The first kappa shape index (κ1) is 23.4. The van der Waals surface area contributed by atoms with Crippen LogP contribution in [0.1, 0.15) is 36.9 Å². The predicted octanol–water partition coefficient (Wildman–Crippen LogP) is 3.74. The summed E-state index contributed by atoms with van der Waals surface area (Å²) in [5, 5.41) is 20.7. The maximum Gasteiger partial charge on any atom is 0.413 e. The average Bonchev–Trinajstić information content (AvgIpc) is 3.53.